The summed E-state index contributed by atoms with van der Waals surface area (Å²) in [7, 11) is 0. The summed E-state index contributed by atoms with van der Waals surface area (Å²) in [5, 5.41) is 0. The molecule has 1 nitrogen and oxygen atoms in total. The average Bonchev–Trinajstić information content (AvgIpc) is 2.30. The maximum atomic E-state index is 4.36. The topological polar surface area (TPSA) is 12.4 Å². The van der Waals surface area contributed by atoms with Crippen LogP contribution in [0.2, 0.25) is 0 Å². The molecule has 1 heteroatoms. The van der Waals surface area contributed by atoms with Crippen LogP contribution in [0.5, 0.6) is 0 Å². The van der Waals surface area contributed by atoms with Gasteiger partial charge in [-0.15, -0.1) is 0 Å². The summed E-state index contributed by atoms with van der Waals surface area (Å²) in [6, 6.07) is 17.9. The largest absolute Gasteiger partial charge is 0.256 e. The smallest absolute Gasteiger partial charge is 0.0630 e. The van der Waals surface area contributed by atoms with Gasteiger partial charge in [0, 0.05) is 6.21 Å². The van der Waals surface area contributed by atoms with E-state index in [-0.39, 0.29) is 0 Å². The quantitative estimate of drug-likeness (QED) is 0.647. The zero-order chi connectivity index (χ0) is 10.5. The molecule has 0 N–H and O–H groups in total. The van der Waals surface area contributed by atoms with Crippen molar-refractivity contribution in [1.29, 1.82) is 0 Å². The van der Waals surface area contributed by atoms with E-state index in [0.717, 1.165) is 16.8 Å². The molecule has 0 aromatic heterocycles. The lowest BCUT2D eigenvalue weighted by atomic mass is 10.2. The van der Waals surface area contributed by atoms with Gasteiger partial charge in [0.2, 0.25) is 0 Å². The number of hydrogen-bond acceptors (Lipinski definition) is 1. The number of aliphatic imine (C=N–C) groups is 1. The number of rotatable bonds is 2. The lowest BCUT2D eigenvalue weighted by Crippen LogP contribution is -1.77. The molecule has 0 aliphatic heterocycles. The summed E-state index contributed by atoms with van der Waals surface area (Å²) in [5.74, 6) is 0. The van der Waals surface area contributed by atoms with Crippen LogP contribution in [0.4, 0.5) is 5.69 Å². The van der Waals surface area contributed by atoms with Crippen LogP contribution in [-0.4, -0.2) is 6.21 Å². The second-order valence-electron chi connectivity index (χ2n) is 3.34. The molecule has 15 heavy (non-hydrogen) atoms. The molecule has 0 unspecified atom stereocenters. The van der Waals surface area contributed by atoms with Crippen LogP contribution >= 0.6 is 0 Å². The fourth-order valence-corrected chi connectivity index (χ4v) is 1.27. The fourth-order valence-electron chi connectivity index (χ4n) is 1.27. The van der Waals surface area contributed by atoms with Crippen molar-refractivity contribution in [3.63, 3.8) is 0 Å². The summed E-state index contributed by atoms with van der Waals surface area (Å²) in [5.41, 5.74) is 3.07. The predicted molar refractivity (Wildman–Crippen MR) is 64.6 cm³/mol. The van der Waals surface area contributed by atoms with Crippen molar-refractivity contribution < 1.29 is 0 Å². The van der Waals surface area contributed by atoms with E-state index in [1.54, 1.807) is 0 Å². The van der Waals surface area contributed by atoms with E-state index < -0.39 is 0 Å². The van der Waals surface area contributed by atoms with Gasteiger partial charge in [0.15, 0.2) is 0 Å². The van der Waals surface area contributed by atoms with Crippen LogP contribution < -0.4 is 0 Å². The summed E-state index contributed by atoms with van der Waals surface area (Å²) >= 11 is 0. The van der Waals surface area contributed by atoms with Crippen LogP contribution in [0.3, 0.4) is 0 Å². The Balaban J connectivity index is 2.15. The molecular weight excluding hydrogens is 182 g/mol. The van der Waals surface area contributed by atoms with Crippen LogP contribution in [0, 0.1) is 6.92 Å². The first-order chi connectivity index (χ1) is 7.34. The molecule has 0 amide bonds. The standard InChI is InChI=1S/C14H12N/c1-12-7-9-14(10-8-12)15-11-13-5-3-2-4-6-13/h2-11H,1H2/b15-11+. The summed E-state index contributed by atoms with van der Waals surface area (Å²) in [6.45, 7) is 3.83. The van der Waals surface area contributed by atoms with Crippen LogP contribution in [0.15, 0.2) is 59.6 Å². The minimum Gasteiger partial charge on any atom is -0.256 e. The van der Waals surface area contributed by atoms with E-state index in [1.165, 1.54) is 0 Å². The summed E-state index contributed by atoms with van der Waals surface area (Å²) < 4.78 is 0. The van der Waals surface area contributed by atoms with E-state index in [4.69, 9.17) is 0 Å². The van der Waals surface area contributed by atoms with Crippen molar-refractivity contribution in [3.05, 3.63) is 72.6 Å². The highest BCUT2D eigenvalue weighted by atomic mass is 14.7. The van der Waals surface area contributed by atoms with Crippen LogP contribution in [0.25, 0.3) is 0 Å². The Kier molecular flexibility index (Phi) is 2.93. The Bertz CT molecular complexity index is 441. The summed E-state index contributed by atoms with van der Waals surface area (Å²) in [4.78, 5) is 4.36. The maximum Gasteiger partial charge on any atom is 0.0630 e. The van der Waals surface area contributed by atoms with Crippen LogP contribution in [0.1, 0.15) is 11.1 Å². The zero-order valence-corrected chi connectivity index (χ0v) is 8.43. The van der Waals surface area contributed by atoms with Gasteiger partial charge in [-0.1, -0.05) is 42.5 Å². The van der Waals surface area contributed by atoms with E-state index in [0.29, 0.717) is 0 Å². The summed E-state index contributed by atoms with van der Waals surface area (Å²) in [6.07, 6.45) is 1.86. The molecule has 0 aliphatic rings. The Morgan fingerprint density at radius 2 is 1.53 bits per heavy atom. The Labute approximate surface area is 90.1 Å². The first-order valence-corrected chi connectivity index (χ1v) is 4.86. The monoisotopic (exact) mass is 194 g/mol. The van der Waals surface area contributed by atoms with Gasteiger partial charge >= 0.3 is 0 Å². The third-order valence-corrected chi connectivity index (χ3v) is 2.10. The molecule has 73 valence electrons. The van der Waals surface area contributed by atoms with Gasteiger partial charge in [-0.25, -0.2) is 0 Å². The van der Waals surface area contributed by atoms with Gasteiger partial charge in [0.05, 0.1) is 5.69 Å². The first kappa shape index (κ1) is 9.66. The Hall–Kier alpha value is -1.89. The zero-order valence-electron chi connectivity index (χ0n) is 8.43. The number of nitrogens with zero attached hydrogens (tertiary/aromatic N) is 1. The molecule has 0 heterocycles. The lowest BCUT2D eigenvalue weighted by Gasteiger charge is -1.94. The average molecular weight is 194 g/mol. The SMILES string of the molecule is [CH2]c1ccc(/N=C/c2ccccc2)cc1. The molecule has 0 saturated carbocycles. The highest BCUT2D eigenvalue weighted by Gasteiger charge is 1.88. The van der Waals surface area contributed by atoms with E-state index in [9.17, 15) is 0 Å². The highest BCUT2D eigenvalue weighted by molar-refractivity contribution is 5.81. The third kappa shape index (κ3) is 2.78. The Morgan fingerprint density at radius 1 is 0.867 bits per heavy atom. The predicted octanol–water partition coefficient (Wildman–Crippen LogP) is 3.62. The first-order valence-electron chi connectivity index (χ1n) is 4.86. The number of hydrogen-bond donors (Lipinski definition) is 0. The Morgan fingerprint density at radius 3 is 2.20 bits per heavy atom. The molecule has 0 spiro atoms. The van der Waals surface area contributed by atoms with Crippen molar-refractivity contribution >= 4 is 11.9 Å². The van der Waals surface area contributed by atoms with Gasteiger partial charge in [0.1, 0.15) is 0 Å². The van der Waals surface area contributed by atoms with Crippen molar-refractivity contribution in [2.75, 3.05) is 0 Å². The molecule has 0 saturated heterocycles. The molecule has 2 aromatic carbocycles. The molecule has 0 atom stereocenters. The minimum atomic E-state index is 0.950. The lowest BCUT2D eigenvalue weighted by molar-refractivity contribution is 1.50. The van der Waals surface area contributed by atoms with Gasteiger partial charge in [0.25, 0.3) is 0 Å². The molecule has 2 aromatic rings. The van der Waals surface area contributed by atoms with Gasteiger partial charge in [-0.3, -0.25) is 4.99 Å². The molecule has 2 rings (SSSR count). The molecular formula is C14H12N. The van der Waals surface area contributed by atoms with E-state index >= 15 is 0 Å². The molecule has 1 radical (unpaired) electrons. The molecule has 0 aliphatic carbocycles. The van der Waals surface area contributed by atoms with Gasteiger partial charge in [-0.2, -0.15) is 0 Å². The van der Waals surface area contributed by atoms with Gasteiger partial charge in [-0.05, 0) is 30.2 Å². The maximum absolute atomic E-state index is 4.36. The van der Waals surface area contributed by atoms with Crippen molar-refractivity contribution in [1.82, 2.24) is 0 Å². The van der Waals surface area contributed by atoms with Crippen molar-refractivity contribution in [2.24, 2.45) is 4.99 Å². The molecule has 0 bridgehead atoms. The fraction of sp³-hybridized carbons (Fsp3) is 0. The van der Waals surface area contributed by atoms with Crippen LogP contribution in [-0.2, 0) is 0 Å². The second-order valence-corrected chi connectivity index (χ2v) is 3.34. The minimum absolute atomic E-state index is 0.950. The van der Waals surface area contributed by atoms with Crippen molar-refractivity contribution in [3.8, 4) is 0 Å². The molecule has 0 fully saturated rings. The highest BCUT2D eigenvalue weighted by Crippen LogP contribution is 2.12. The van der Waals surface area contributed by atoms with E-state index in [1.807, 2.05) is 60.8 Å². The normalized spacial score (nSPS) is 10.7. The third-order valence-electron chi connectivity index (χ3n) is 2.10. The number of benzene rings is 2. The van der Waals surface area contributed by atoms with E-state index in [2.05, 4.69) is 11.9 Å². The van der Waals surface area contributed by atoms with Crippen molar-refractivity contribution in [2.45, 2.75) is 0 Å². The van der Waals surface area contributed by atoms with Gasteiger partial charge < -0.3 is 0 Å². The second kappa shape index (κ2) is 4.56.